The Hall–Kier alpha value is -3.85. The first-order chi connectivity index (χ1) is 16.9. The van der Waals surface area contributed by atoms with Crippen molar-refractivity contribution in [1.29, 1.82) is 0 Å². The van der Waals surface area contributed by atoms with Crippen molar-refractivity contribution in [2.75, 3.05) is 23.3 Å². The molecule has 8 nitrogen and oxygen atoms in total. The van der Waals surface area contributed by atoms with Crippen LogP contribution in [0.25, 0.3) is 0 Å². The first-order valence-electron chi connectivity index (χ1n) is 11.2. The molecule has 3 aromatic rings. The van der Waals surface area contributed by atoms with Gasteiger partial charge in [0.25, 0.3) is 10.0 Å². The lowest BCUT2D eigenvalue weighted by atomic mass is 10.2. The number of hydrogen-bond donors (Lipinski definition) is 2. The third kappa shape index (κ3) is 8.46. The van der Waals surface area contributed by atoms with E-state index in [1.807, 2.05) is 37.3 Å². The molecule has 0 aliphatic heterocycles. The average Bonchev–Trinajstić information content (AvgIpc) is 2.85. The molecule has 0 bridgehead atoms. The second-order valence-corrected chi connectivity index (χ2v) is 9.27. The van der Waals surface area contributed by atoms with Crippen LogP contribution in [0.15, 0.2) is 83.8 Å². The summed E-state index contributed by atoms with van der Waals surface area (Å²) in [5.41, 5.74) is 1.90. The van der Waals surface area contributed by atoms with Gasteiger partial charge in [-0.2, -0.15) is 0 Å². The number of benzene rings is 3. The predicted octanol–water partition coefficient (Wildman–Crippen LogP) is 4.39. The standard InChI is InChI=1S/C26H28N2O6S/c1-2-33-23-12-8-22(9-13-23)28-35(31,32)24-14-10-21(11-15-24)27-25(29)16-17-26(30)34-19-18-20-6-4-3-5-7-20/h3-15,28H,2,16-19H2,1H3,(H,27,29). The van der Waals surface area contributed by atoms with E-state index in [2.05, 4.69) is 10.0 Å². The van der Waals surface area contributed by atoms with E-state index in [1.165, 1.54) is 24.3 Å². The van der Waals surface area contributed by atoms with Gasteiger partial charge in [0.2, 0.25) is 5.91 Å². The second kappa shape index (κ2) is 12.6. The van der Waals surface area contributed by atoms with Gasteiger partial charge in [0.15, 0.2) is 0 Å². The quantitative estimate of drug-likeness (QED) is 0.360. The van der Waals surface area contributed by atoms with E-state index >= 15 is 0 Å². The van der Waals surface area contributed by atoms with Crippen molar-refractivity contribution in [2.45, 2.75) is 31.1 Å². The van der Waals surface area contributed by atoms with Crippen LogP contribution in [-0.2, 0) is 30.8 Å². The Balaban J connectivity index is 1.43. The number of carbonyl (C=O) groups excluding carboxylic acids is 2. The van der Waals surface area contributed by atoms with E-state index in [0.717, 1.165) is 5.56 Å². The van der Waals surface area contributed by atoms with Gasteiger partial charge in [-0.1, -0.05) is 30.3 Å². The minimum absolute atomic E-state index is 0.0382. The molecule has 0 unspecified atom stereocenters. The molecule has 9 heteroatoms. The van der Waals surface area contributed by atoms with Gasteiger partial charge in [-0.05, 0) is 61.0 Å². The van der Waals surface area contributed by atoms with Crippen molar-refractivity contribution in [1.82, 2.24) is 0 Å². The van der Waals surface area contributed by atoms with Gasteiger partial charge >= 0.3 is 5.97 Å². The lowest BCUT2D eigenvalue weighted by Gasteiger charge is -2.10. The van der Waals surface area contributed by atoms with Crippen molar-refractivity contribution in [3.05, 3.63) is 84.4 Å². The lowest BCUT2D eigenvalue weighted by Crippen LogP contribution is -2.16. The zero-order valence-corrected chi connectivity index (χ0v) is 20.2. The molecule has 0 aliphatic rings. The van der Waals surface area contributed by atoms with Crippen LogP contribution in [-0.4, -0.2) is 33.5 Å². The van der Waals surface area contributed by atoms with Gasteiger partial charge in [0.1, 0.15) is 5.75 Å². The summed E-state index contributed by atoms with van der Waals surface area (Å²) in [7, 11) is -3.80. The Labute approximate surface area is 205 Å². The normalized spacial score (nSPS) is 10.9. The van der Waals surface area contributed by atoms with Gasteiger partial charge in [-0.3, -0.25) is 14.3 Å². The second-order valence-electron chi connectivity index (χ2n) is 7.59. The Bertz CT molecular complexity index is 1210. The number of hydrogen-bond acceptors (Lipinski definition) is 6. The van der Waals surface area contributed by atoms with Gasteiger partial charge < -0.3 is 14.8 Å². The Morgan fingerprint density at radius 1 is 0.829 bits per heavy atom. The molecule has 0 saturated heterocycles. The van der Waals surface area contributed by atoms with Crippen molar-refractivity contribution in [3.63, 3.8) is 0 Å². The van der Waals surface area contributed by atoms with Gasteiger partial charge in [0.05, 0.1) is 24.5 Å². The fourth-order valence-corrected chi connectivity index (χ4v) is 4.21. The molecule has 0 saturated carbocycles. The first-order valence-corrected chi connectivity index (χ1v) is 12.7. The summed E-state index contributed by atoms with van der Waals surface area (Å²) < 4.78 is 38.3. The molecule has 0 heterocycles. The first kappa shape index (κ1) is 25.8. The van der Waals surface area contributed by atoms with Gasteiger partial charge in [-0.25, -0.2) is 8.42 Å². The molecule has 0 aromatic heterocycles. The van der Waals surface area contributed by atoms with Crippen LogP contribution < -0.4 is 14.8 Å². The highest BCUT2D eigenvalue weighted by Gasteiger charge is 2.15. The minimum atomic E-state index is -3.80. The van der Waals surface area contributed by atoms with Crippen molar-refractivity contribution in [2.24, 2.45) is 0 Å². The fourth-order valence-electron chi connectivity index (χ4n) is 3.16. The zero-order valence-electron chi connectivity index (χ0n) is 19.4. The topological polar surface area (TPSA) is 111 Å². The zero-order chi connectivity index (χ0) is 25.1. The molecule has 2 N–H and O–H groups in total. The maximum absolute atomic E-state index is 12.6. The third-order valence-corrected chi connectivity index (χ3v) is 6.32. The number of esters is 1. The molecular weight excluding hydrogens is 468 g/mol. The van der Waals surface area contributed by atoms with Crippen LogP contribution in [0.5, 0.6) is 5.75 Å². The highest BCUT2D eigenvalue weighted by Crippen LogP contribution is 2.21. The predicted molar refractivity (Wildman–Crippen MR) is 134 cm³/mol. The number of rotatable bonds is 12. The molecule has 3 rings (SSSR count). The Kier molecular flexibility index (Phi) is 9.25. The number of anilines is 2. The largest absolute Gasteiger partial charge is 0.494 e. The summed E-state index contributed by atoms with van der Waals surface area (Å²) >= 11 is 0. The highest BCUT2D eigenvalue weighted by molar-refractivity contribution is 7.92. The van der Waals surface area contributed by atoms with Crippen LogP contribution in [0.1, 0.15) is 25.3 Å². The Morgan fingerprint density at radius 2 is 1.49 bits per heavy atom. The van der Waals surface area contributed by atoms with Gasteiger partial charge in [0, 0.05) is 24.2 Å². The number of amides is 1. The van der Waals surface area contributed by atoms with Crippen molar-refractivity contribution in [3.8, 4) is 5.75 Å². The van der Waals surface area contributed by atoms with Crippen molar-refractivity contribution < 1.29 is 27.5 Å². The maximum Gasteiger partial charge on any atom is 0.306 e. The molecule has 3 aromatic carbocycles. The molecule has 35 heavy (non-hydrogen) atoms. The molecule has 184 valence electrons. The SMILES string of the molecule is CCOc1ccc(NS(=O)(=O)c2ccc(NC(=O)CCC(=O)OCCc3ccccc3)cc2)cc1. The summed E-state index contributed by atoms with van der Waals surface area (Å²) in [6.07, 6.45) is 0.532. The monoisotopic (exact) mass is 496 g/mol. The molecule has 0 fully saturated rings. The maximum atomic E-state index is 12.6. The van der Waals surface area contributed by atoms with Crippen molar-refractivity contribution >= 4 is 33.3 Å². The van der Waals surface area contributed by atoms with Gasteiger partial charge in [-0.15, -0.1) is 0 Å². The number of sulfonamides is 1. The summed E-state index contributed by atoms with van der Waals surface area (Å²) in [5.74, 6) is -0.165. The molecule has 0 spiro atoms. The van der Waals surface area contributed by atoms with Crippen LogP contribution in [0.2, 0.25) is 0 Å². The number of carbonyl (C=O) groups is 2. The lowest BCUT2D eigenvalue weighted by molar-refractivity contribution is -0.144. The number of nitrogens with one attached hydrogen (secondary N) is 2. The van der Waals surface area contributed by atoms with Crippen LogP contribution in [0, 0.1) is 0 Å². The van der Waals surface area contributed by atoms with Crippen LogP contribution in [0.4, 0.5) is 11.4 Å². The minimum Gasteiger partial charge on any atom is -0.494 e. The average molecular weight is 497 g/mol. The van der Waals surface area contributed by atoms with E-state index in [9.17, 15) is 18.0 Å². The molecule has 1 amide bonds. The third-order valence-electron chi connectivity index (χ3n) is 4.92. The summed E-state index contributed by atoms with van der Waals surface area (Å²) in [4.78, 5) is 24.1. The molecule has 0 atom stereocenters. The van der Waals surface area contributed by atoms with E-state index in [0.29, 0.717) is 30.2 Å². The van der Waals surface area contributed by atoms with Crippen LogP contribution >= 0.6 is 0 Å². The molecular formula is C26H28N2O6S. The Morgan fingerprint density at radius 3 is 2.14 bits per heavy atom. The smallest absolute Gasteiger partial charge is 0.306 e. The highest BCUT2D eigenvalue weighted by atomic mass is 32.2. The van der Waals surface area contributed by atoms with E-state index in [1.54, 1.807) is 24.3 Å². The summed E-state index contributed by atoms with van der Waals surface area (Å²) in [6, 6.07) is 22.0. The molecule has 0 aliphatic carbocycles. The summed E-state index contributed by atoms with van der Waals surface area (Å²) in [6.45, 7) is 2.64. The summed E-state index contributed by atoms with van der Waals surface area (Å²) in [5, 5.41) is 2.65. The van der Waals surface area contributed by atoms with E-state index in [-0.39, 0.29) is 30.3 Å². The fraction of sp³-hybridized carbons (Fsp3) is 0.231. The van der Waals surface area contributed by atoms with Crippen LogP contribution in [0.3, 0.4) is 0 Å². The van der Waals surface area contributed by atoms with E-state index < -0.39 is 16.0 Å². The molecule has 0 radical (unpaired) electrons. The number of ether oxygens (including phenoxy) is 2. The van der Waals surface area contributed by atoms with E-state index in [4.69, 9.17) is 9.47 Å².